The zero-order valence-corrected chi connectivity index (χ0v) is 24.3. The van der Waals surface area contributed by atoms with Gasteiger partial charge in [-0.3, -0.25) is 0 Å². The van der Waals surface area contributed by atoms with E-state index in [-0.39, 0.29) is 5.41 Å². The minimum atomic E-state index is -0.326. The molecule has 11 rings (SSSR count). The number of para-hydroxylation sites is 3. The number of anilines is 3. The maximum Gasteiger partial charge on any atom is 0.159 e. The van der Waals surface area contributed by atoms with Crippen LogP contribution in [-0.4, -0.2) is 0 Å². The van der Waals surface area contributed by atoms with E-state index in [9.17, 15) is 0 Å². The van der Waals surface area contributed by atoms with Crippen LogP contribution in [0, 0.1) is 0 Å². The number of fused-ring (bicyclic) bond motifs is 8. The first-order valence-corrected chi connectivity index (χ1v) is 15.6. The highest BCUT2D eigenvalue weighted by atomic mass is 16.3. The molecule has 45 heavy (non-hydrogen) atoms. The molecule has 0 aliphatic heterocycles. The molecule has 0 saturated heterocycles. The zero-order valence-electron chi connectivity index (χ0n) is 24.3. The highest BCUT2D eigenvalue weighted by Gasteiger charge is 2.57. The maximum atomic E-state index is 6.60. The van der Waals surface area contributed by atoms with Gasteiger partial charge in [0.1, 0.15) is 5.58 Å². The first-order valence-electron chi connectivity index (χ1n) is 15.6. The number of furan rings is 1. The van der Waals surface area contributed by atoms with Crippen molar-refractivity contribution in [1.29, 1.82) is 0 Å². The Morgan fingerprint density at radius 1 is 0.422 bits per heavy atom. The summed E-state index contributed by atoms with van der Waals surface area (Å²) < 4.78 is 6.60. The standard InChI is InChI=1S/C43H25NO/c1-2-11-26(12-3-1)44(38-21-10-19-35-30-14-5-7-22-39(30)45-42(35)38)27-23-24-29-32-16-9-18-34-33-17-8-15-31-28-13-4-6-20-36(28)43(40(31)33,41(32)34)37(29)25-27/h1-25H. The van der Waals surface area contributed by atoms with Crippen LogP contribution in [0.5, 0.6) is 0 Å². The Hall–Kier alpha value is -5.86. The van der Waals surface area contributed by atoms with E-state index in [0.29, 0.717) is 0 Å². The van der Waals surface area contributed by atoms with E-state index in [1.165, 1.54) is 55.6 Å². The van der Waals surface area contributed by atoms with Crippen molar-refractivity contribution in [2.45, 2.75) is 5.41 Å². The summed E-state index contributed by atoms with van der Waals surface area (Å²) in [6, 6.07) is 55.4. The number of benzene rings is 7. The summed E-state index contributed by atoms with van der Waals surface area (Å²) in [5.41, 5.74) is 18.4. The Morgan fingerprint density at radius 3 is 1.82 bits per heavy atom. The summed E-state index contributed by atoms with van der Waals surface area (Å²) in [4.78, 5) is 2.37. The molecule has 1 atom stereocenters. The van der Waals surface area contributed by atoms with E-state index in [1.807, 2.05) is 6.07 Å². The fourth-order valence-electron chi connectivity index (χ4n) is 8.79. The van der Waals surface area contributed by atoms with Crippen LogP contribution in [0.1, 0.15) is 22.3 Å². The lowest BCUT2D eigenvalue weighted by Gasteiger charge is -2.30. The fraction of sp³-hybridized carbons (Fsp3) is 0.0233. The van der Waals surface area contributed by atoms with Crippen LogP contribution in [0.4, 0.5) is 17.1 Å². The third-order valence-electron chi connectivity index (χ3n) is 10.4. The third kappa shape index (κ3) is 2.73. The largest absolute Gasteiger partial charge is 0.454 e. The van der Waals surface area contributed by atoms with Gasteiger partial charge in [-0.25, -0.2) is 0 Å². The van der Waals surface area contributed by atoms with Crippen LogP contribution in [0.25, 0.3) is 55.3 Å². The zero-order chi connectivity index (χ0) is 29.3. The second-order valence-corrected chi connectivity index (χ2v) is 12.4. The Morgan fingerprint density at radius 2 is 1.02 bits per heavy atom. The van der Waals surface area contributed by atoms with Gasteiger partial charge in [-0.1, -0.05) is 115 Å². The molecule has 2 heteroatoms. The van der Waals surface area contributed by atoms with Gasteiger partial charge >= 0.3 is 0 Å². The van der Waals surface area contributed by atoms with E-state index in [2.05, 4.69) is 150 Å². The number of hydrogen-bond acceptors (Lipinski definition) is 2. The van der Waals surface area contributed by atoms with Gasteiger partial charge in [0.05, 0.1) is 11.1 Å². The predicted molar refractivity (Wildman–Crippen MR) is 184 cm³/mol. The van der Waals surface area contributed by atoms with Gasteiger partial charge in [-0.2, -0.15) is 0 Å². The Kier molecular flexibility index (Phi) is 4.29. The number of hydrogen-bond donors (Lipinski definition) is 0. The van der Waals surface area contributed by atoms with Gasteiger partial charge in [0.25, 0.3) is 0 Å². The topological polar surface area (TPSA) is 16.4 Å². The van der Waals surface area contributed by atoms with Crippen molar-refractivity contribution in [2.24, 2.45) is 0 Å². The molecule has 2 nitrogen and oxygen atoms in total. The van der Waals surface area contributed by atoms with Gasteiger partial charge in [0.2, 0.25) is 0 Å². The first-order chi connectivity index (χ1) is 22.3. The van der Waals surface area contributed by atoms with Crippen LogP contribution in [0.15, 0.2) is 156 Å². The quantitative estimate of drug-likeness (QED) is 0.210. The van der Waals surface area contributed by atoms with E-state index < -0.39 is 0 Å². The predicted octanol–water partition coefficient (Wildman–Crippen LogP) is 11.4. The SMILES string of the molecule is c1ccc(N(c2ccc3c(c2)C24c5ccccc5-c5cccc(c52)-c2cccc-3c24)c2cccc3c2oc2ccccc23)cc1. The molecule has 7 aromatic carbocycles. The first kappa shape index (κ1) is 23.6. The molecule has 3 aliphatic rings. The molecule has 0 amide bonds. The van der Waals surface area contributed by atoms with Crippen molar-refractivity contribution in [1.82, 2.24) is 0 Å². The third-order valence-corrected chi connectivity index (χ3v) is 10.4. The summed E-state index contributed by atoms with van der Waals surface area (Å²) in [7, 11) is 0. The van der Waals surface area contributed by atoms with Crippen molar-refractivity contribution in [3.8, 4) is 33.4 Å². The molecule has 1 aromatic heterocycles. The van der Waals surface area contributed by atoms with Crippen molar-refractivity contribution < 1.29 is 4.42 Å². The summed E-state index contributed by atoms with van der Waals surface area (Å²) in [5.74, 6) is 0. The highest BCUT2D eigenvalue weighted by molar-refractivity contribution is 6.11. The van der Waals surface area contributed by atoms with E-state index in [0.717, 1.165) is 39.0 Å². The maximum absolute atomic E-state index is 6.60. The summed E-state index contributed by atoms with van der Waals surface area (Å²) in [6.45, 7) is 0. The Balaban J connectivity index is 1.23. The number of rotatable bonds is 3. The summed E-state index contributed by atoms with van der Waals surface area (Å²) >= 11 is 0. The van der Waals surface area contributed by atoms with E-state index in [4.69, 9.17) is 4.42 Å². The second kappa shape index (κ2) is 8.19. The monoisotopic (exact) mass is 571 g/mol. The molecule has 1 spiro atoms. The molecular weight excluding hydrogens is 546 g/mol. The van der Waals surface area contributed by atoms with Gasteiger partial charge in [-0.15, -0.1) is 0 Å². The van der Waals surface area contributed by atoms with Gasteiger partial charge in [-0.05, 0) is 92.0 Å². The fourth-order valence-corrected chi connectivity index (χ4v) is 8.79. The summed E-state index contributed by atoms with van der Waals surface area (Å²) in [6.07, 6.45) is 0. The van der Waals surface area contributed by atoms with Gasteiger partial charge in [0.15, 0.2) is 5.58 Å². The molecule has 0 bridgehead atoms. The van der Waals surface area contributed by atoms with E-state index in [1.54, 1.807) is 0 Å². The molecule has 1 unspecified atom stereocenters. The minimum absolute atomic E-state index is 0.326. The molecule has 0 saturated carbocycles. The van der Waals surface area contributed by atoms with Crippen molar-refractivity contribution in [2.75, 3.05) is 4.90 Å². The molecule has 208 valence electrons. The molecular formula is C43H25NO. The normalized spacial score (nSPS) is 16.1. The van der Waals surface area contributed by atoms with Gasteiger partial charge in [0, 0.05) is 22.1 Å². The average Bonchev–Trinajstić information content (AvgIpc) is 3.81. The number of nitrogens with zero attached hydrogens (tertiary/aromatic N) is 1. The molecule has 1 heterocycles. The minimum Gasteiger partial charge on any atom is -0.454 e. The lowest BCUT2D eigenvalue weighted by atomic mass is 9.73. The molecule has 0 radical (unpaired) electrons. The lowest BCUT2D eigenvalue weighted by Crippen LogP contribution is -2.23. The van der Waals surface area contributed by atoms with Gasteiger partial charge < -0.3 is 9.32 Å². The van der Waals surface area contributed by atoms with Crippen LogP contribution < -0.4 is 4.90 Å². The molecule has 3 aliphatic carbocycles. The van der Waals surface area contributed by atoms with Crippen molar-refractivity contribution in [3.63, 3.8) is 0 Å². The van der Waals surface area contributed by atoms with Crippen molar-refractivity contribution >= 4 is 39.0 Å². The highest BCUT2D eigenvalue weighted by Crippen LogP contribution is 2.70. The lowest BCUT2D eigenvalue weighted by molar-refractivity contribution is 0.669. The van der Waals surface area contributed by atoms with Crippen LogP contribution >= 0.6 is 0 Å². The summed E-state index contributed by atoms with van der Waals surface area (Å²) in [5, 5.41) is 2.26. The molecule has 0 fully saturated rings. The van der Waals surface area contributed by atoms with Crippen LogP contribution in [0.3, 0.4) is 0 Å². The average molecular weight is 572 g/mol. The van der Waals surface area contributed by atoms with E-state index >= 15 is 0 Å². The Labute approximate surface area is 260 Å². The van der Waals surface area contributed by atoms with Crippen LogP contribution in [0.2, 0.25) is 0 Å². The Bertz CT molecular complexity index is 2520. The second-order valence-electron chi connectivity index (χ2n) is 12.4. The molecule has 0 N–H and O–H groups in total. The van der Waals surface area contributed by atoms with Crippen LogP contribution in [-0.2, 0) is 5.41 Å². The smallest absolute Gasteiger partial charge is 0.159 e. The van der Waals surface area contributed by atoms with Crippen molar-refractivity contribution in [3.05, 3.63) is 174 Å². The molecule has 8 aromatic rings.